The summed E-state index contributed by atoms with van der Waals surface area (Å²) in [6.45, 7) is 4.82. The van der Waals surface area contributed by atoms with Crippen LogP contribution in [-0.2, 0) is 27.6 Å². The highest BCUT2D eigenvalue weighted by molar-refractivity contribution is 7.98. The Hall–Kier alpha value is -1.90. The van der Waals surface area contributed by atoms with Gasteiger partial charge in [-0.05, 0) is 55.9 Å². The molecule has 0 unspecified atom stereocenters. The van der Waals surface area contributed by atoms with E-state index in [0.29, 0.717) is 9.70 Å². The van der Waals surface area contributed by atoms with Crippen LogP contribution in [-0.4, -0.2) is 36.7 Å². The lowest BCUT2D eigenvalue weighted by atomic mass is 10.2. The Balaban J connectivity index is 1.76. The molecule has 0 aliphatic carbocycles. The Morgan fingerprint density at radius 3 is 2.58 bits per heavy atom. The molecule has 3 aromatic rings. The van der Waals surface area contributed by atoms with E-state index in [9.17, 15) is 13.2 Å². The molecule has 166 valence electrons. The van der Waals surface area contributed by atoms with Crippen LogP contribution >= 0.6 is 23.1 Å². The number of hydrogen-bond acceptors (Lipinski definition) is 5. The van der Waals surface area contributed by atoms with Gasteiger partial charge in [-0.3, -0.25) is 4.79 Å². The number of aryl methyl sites for hydroxylation is 3. The Bertz CT molecular complexity index is 1220. The zero-order valence-corrected chi connectivity index (χ0v) is 20.6. The normalized spacial score (nSPS) is 12.5. The molecule has 3 rings (SSSR count). The fraction of sp³-hybridized carbons (Fsp3) is 0.391. The molecule has 8 heteroatoms. The van der Waals surface area contributed by atoms with Crippen molar-refractivity contribution in [3.63, 3.8) is 0 Å². The van der Waals surface area contributed by atoms with E-state index in [1.807, 2.05) is 6.92 Å². The third-order valence-electron chi connectivity index (χ3n) is 5.08. The van der Waals surface area contributed by atoms with E-state index in [0.717, 1.165) is 34.5 Å². The summed E-state index contributed by atoms with van der Waals surface area (Å²) in [5.74, 6) is 0.590. The van der Waals surface area contributed by atoms with Crippen LogP contribution in [0.2, 0.25) is 0 Å². The molecule has 0 spiro atoms. The second kappa shape index (κ2) is 10.6. The van der Waals surface area contributed by atoms with E-state index in [2.05, 4.69) is 40.9 Å². The van der Waals surface area contributed by atoms with Crippen LogP contribution in [0.3, 0.4) is 0 Å². The van der Waals surface area contributed by atoms with Crippen LogP contribution in [0, 0.1) is 6.92 Å². The highest BCUT2D eigenvalue weighted by atomic mass is 32.2. The molecule has 2 aromatic carbocycles. The van der Waals surface area contributed by atoms with Crippen LogP contribution in [0.4, 0.5) is 0 Å². The van der Waals surface area contributed by atoms with Crippen LogP contribution < -0.4 is 4.80 Å². The predicted octanol–water partition coefficient (Wildman–Crippen LogP) is 4.62. The molecule has 0 saturated carbocycles. The Morgan fingerprint density at radius 2 is 1.90 bits per heavy atom. The summed E-state index contributed by atoms with van der Waals surface area (Å²) in [5, 5.41) is 0. The van der Waals surface area contributed by atoms with Crippen molar-refractivity contribution in [3.8, 4) is 0 Å². The Kier molecular flexibility index (Phi) is 8.13. The number of fused-ring (bicyclic) bond motifs is 1. The number of rotatable bonds is 9. The van der Waals surface area contributed by atoms with Crippen molar-refractivity contribution in [1.82, 2.24) is 4.57 Å². The van der Waals surface area contributed by atoms with Crippen LogP contribution in [0.25, 0.3) is 10.2 Å². The number of carbonyl (C=O) groups excluding carboxylic acids is 1. The molecular formula is C23H28N2O3S3. The molecule has 0 bridgehead atoms. The van der Waals surface area contributed by atoms with Gasteiger partial charge in [0.2, 0.25) is 5.91 Å². The largest absolute Gasteiger partial charge is 0.316 e. The summed E-state index contributed by atoms with van der Waals surface area (Å²) in [4.78, 5) is 17.9. The zero-order chi connectivity index (χ0) is 22.4. The van der Waals surface area contributed by atoms with E-state index in [1.54, 1.807) is 36.0 Å². The summed E-state index contributed by atoms with van der Waals surface area (Å²) < 4.78 is 28.2. The molecule has 1 heterocycles. The van der Waals surface area contributed by atoms with Crippen molar-refractivity contribution in [2.75, 3.05) is 17.8 Å². The second-order valence-corrected chi connectivity index (χ2v) is 11.5. The van der Waals surface area contributed by atoms with Gasteiger partial charge in [-0.1, -0.05) is 42.0 Å². The maximum atomic E-state index is 12.5. The SMILES string of the molecule is CCc1ccc2c(c1)sc(=NC(=O)CCCS(=O)(=O)c1ccc(C)cc1)n2CCSC. The van der Waals surface area contributed by atoms with Gasteiger partial charge in [0.1, 0.15) is 0 Å². The van der Waals surface area contributed by atoms with Crippen LogP contribution in [0.5, 0.6) is 0 Å². The standard InChI is InChI=1S/C23H28N2O3S3/c1-4-18-9-12-20-21(16-18)30-23(25(20)13-14-29-3)24-22(26)6-5-15-31(27,28)19-10-7-17(2)8-11-19/h7-12,16H,4-6,13-15H2,1-3H3. The second-order valence-electron chi connectivity index (χ2n) is 7.43. The lowest BCUT2D eigenvalue weighted by molar-refractivity contribution is -0.118. The fourth-order valence-electron chi connectivity index (χ4n) is 3.26. The Morgan fingerprint density at radius 1 is 1.16 bits per heavy atom. The first-order valence-electron chi connectivity index (χ1n) is 10.3. The Labute approximate surface area is 192 Å². The number of thiazole rings is 1. The minimum Gasteiger partial charge on any atom is -0.316 e. The molecule has 31 heavy (non-hydrogen) atoms. The van der Waals surface area contributed by atoms with Gasteiger partial charge >= 0.3 is 0 Å². The molecule has 0 aliphatic rings. The molecule has 1 aromatic heterocycles. The number of carbonyl (C=O) groups is 1. The van der Waals surface area contributed by atoms with Gasteiger partial charge in [-0.15, -0.1) is 0 Å². The molecule has 0 saturated heterocycles. The van der Waals surface area contributed by atoms with E-state index in [1.165, 1.54) is 16.9 Å². The van der Waals surface area contributed by atoms with E-state index in [-0.39, 0.29) is 24.5 Å². The average Bonchev–Trinajstić information content (AvgIpc) is 3.08. The molecule has 0 aliphatic heterocycles. The van der Waals surface area contributed by atoms with Crippen molar-refractivity contribution >= 4 is 49.1 Å². The maximum absolute atomic E-state index is 12.5. The predicted molar refractivity (Wildman–Crippen MR) is 131 cm³/mol. The molecule has 5 nitrogen and oxygen atoms in total. The minimum atomic E-state index is -3.39. The van der Waals surface area contributed by atoms with Gasteiger partial charge in [0.05, 0.1) is 20.9 Å². The summed E-state index contributed by atoms with van der Waals surface area (Å²) in [6, 6.07) is 13.2. The van der Waals surface area contributed by atoms with Gasteiger partial charge in [0.25, 0.3) is 0 Å². The number of thioether (sulfide) groups is 1. The number of aromatic nitrogens is 1. The fourth-order valence-corrected chi connectivity index (χ4v) is 6.07. The first-order valence-corrected chi connectivity index (χ1v) is 14.2. The summed E-state index contributed by atoms with van der Waals surface area (Å²) in [5.41, 5.74) is 3.35. The lowest BCUT2D eigenvalue weighted by Crippen LogP contribution is -2.18. The third-order valence-corrected chi connectivity index (χ3v) is 8.53. The van der Waals surface area contributed by atoms with Crippen LogP contribution in [0.1, 0.15) is 30.9 Å². The number of sulfone groups is 1. The number of hydrogen-bond donors (Lipinski definition) is 0. The van der Waals surface area contributed by atoms with Gasteiger partial charge in [-0.25, -0.2) is 8.42 Å². The van der Waals surface area contributed by atoms with Crippen molar-refractivity contribution in [3.05, 3.63) is 58.4 Å². The highest BCUT2D eigenvalue weighted by Crippen LogP contribution is 2.20. The van der Waals surface area contributed by atoms with Crippen molar-refractivity contribution in [1.29, 1.82) is 0 Å². The average molecular weight is 477 g/mol. The zero-order valence-electron chi connectivity index (χ0n) is 18.1. The smallest absolute Gasteiger partial charge is 0.248 e. The van der Waals surface area contributed by atoms with Crippen molar-refractivity contribution in [2.24, 2.45) is 4.99 Å². The number of nitrogens with zero attached hydrogens (tertiary/aromatic N) is 2. The summed E-state index contributed by atoms with van der Waals surface area (Å²) in [7, 11) is -3.39. The van der Waals surface area contributed by atoms with Crippen LogP contribution in [0.15, 0.2) is 52.4 Å². The molecule has 1 amide bonds. The number of benzene rings is 2. The first kappa shape index (κ1) is 23.8. The summed E-state index contributed by atoms with van der Waals surface area (Å²) in [6.07, 6.45) is 3.39. The highest BCUT2D eigenvalue weighted by Gasteiger charge is 2.15. The van der Waals surface area contributed by atoms with Crippen molar-refractivity contribution < 1.29 is 13.2 Å². The van der Waals surface area contributed by atoms with E-state index < -0.39 is 9.84 Å². The molecular weight excluding hydrogens is 448 g/mol. The quantitative estimate of drug-likeness (QED) is 0.452. The first-order chi connectivity index (χ1) is 14.8. The molecule has 0 atom stereocenters. The van der Waals surface area contributed by atoms with Crippen molar-refractivity contribution in [2.45, 2.75) is 44.6 Å². The molecule has 0 fully saturated rings. The minimum absolute atomic E-state index is 0.0595. The van der Waals surface area contributed by atoms with E-state index >= 15 is 0 Å². The lowest BCUT2D eigenvalue weighted by Gasteiger charge is -2.05. The monoisotopic (exact) mass is 476 g/mol. The van der Waals surface area contributed by atoms with Gasteiger partial charge < -0.3 is 4.57 Å². The third kappa shape index (κ3) is 6.08. The van der Waals surface area contributed by atoms with Gasteiger partial charge in [-0.2, -0.15) is 16.8 Å². The molecule has 0 N–H and O–H groups in total. The summed E-state index contributed by atoms with van der Waals surface area (Å²) >= 11 is 3.27. The van der Waals surface area contributed by atoms with E-state index in [4.69, 9.17) is 0 Å². The maximum Gasteiger partial charge on any atom is 0.248 e. The van der Waals surface area contributed by atoms with Gasteiger partial charge in [0.15, 0.2) is 14.6 Å². The van der Waals surface area contributed by atoms with Gasteiger partial charge in [0, 0.05) is 18.7 Å². The molecule has 0 radical (unpaired) electrons. The number of amides is 1. The topological polar surface area (TPSA) is 68.5 Å².